The molecule has 4 heteroatoms. The highest BCUT2D eigenvalue weighted by atomic mass is 16.4. The smallest absolute Gasteiger partial charge is 0.307 e. The first-order chi connectivity index (χ1) is 11.1. The Balaban J connectivity index is 1.71. The van der Waals surface area contributed by atoms with Crippen molar-refractivity contribution in [2.75, 3.05) is 4.90 Å². The number of carboxylic acids is 1. The molecule has 0 spiro atoms. The van der Waals surface area contributed by atoms with Gasteiger partial charge in [0.1, 0.15) is 0 Å². The number of carbonyl (C=O) groups is 2. The molecule has 0 saturated heterocycles. The van der Waals surface area contributed by atoms with Gasteiger partial charge in [-0.3, -0.25) is 9.59 Å². The Hall–Kier alpha value is -2.10. The maximum atomic E-state index is 13.3. The number of anilines is 1. The lowest BCUT2D eigenvalue weighted by Gasteiger charge is -2.43. The zero-order chi connectivity index (χ0) is 16.1. The number of aliphatic carboxylic acids is 1. The van der Waals surface area contributed by atoms with E-state index in [9.17, 15) is 14.7 Å². The molecular weight excluding hydrogens is 290 g/mol. The summed E-state index contributed by atoms with van der Waals surface area (Å²) in [4.78, 5) is 27.0. The summed E-state index contributed by atoms with van der Waals surface area (Å²) >= 11 is 0. The molecule has 1 N–H and O–H groups in total. The van der Waals surface area contributed by atoms with Crippen LogP contribution in [0, 0.1) is 23.7 Å². The Bertz CT molecular complexity index is 696. The summed E-state index contributed by atoms with van der Waals surface area (Å²) in [6.07, 6.45) is 6.73. The molecule has 4 nitrogen and oxygen atoms in total. The number of amides is 1. The number of carbonyl (C=O) groups excluding carboxylic acids is 1. The summed E-state index contributed by atoms with van der Waals surface area (Å²) in [5, 5.41) is 9.68. The van der Waals surface area contributed by atoms with Crippen molar-refractivity contribution >= 4 is 17.6 Å². The monoisotopic (exact) mass is 311 g/mol. The van der Waals surface area contributed by atoms with Crippen LogP contribution >= 0.6 is 0 Å². The molecule has 3 aliphatic carbocycles. The van der Waals surface area contributed by atoms with Crippen molar-refractivity contribution in [3.8, 4) is 0 Å². The zero-order valence-corrected chi connectivity index (χ0v) is 13.2. The van der Waals surface area contributed by atoms with Crippen LogP contribution in [0.25, 0.3) is 0 Å². The predicted molar refractivity (Wildman–Crippen MR) is 87.1 cm³/mol. The molecule has 1 heterocycles. The normalized spacial score (nSPS) is 34.5. The molecule has 120 valence electrons. The molecule has 1 fully saturated rings. The highest BCUT2D eigenvalue weighted by Crippen LogP contribution is 2.47. The van der Waals surface area contributed by atoms with Gasteiger partial charge in [-0.1, -0.05) is 30.4 Å². The third-order valence-electron chi connectivity index (χ3n) is 5.76. The summed E-state index contributed by atoms with van der Waals surface area (Å²) in [5.74, 6) is -1.78. The lowest BCUT2D eigenvalue weighted by molar-refractivity contribution is -0.152. The molecule has 5 unspecified atom stereocenters. The number of carboxylic acid groups (broad SMARTS) is 1. The maximum absolute atomic E-state index is 13.3. The van der Waals surface area contributed by atoms with Crippen molar-refractivity contribution in [1.29, 1.82) is 0 Å². The maximum Gasteiger partial charge on any atom is 0.307 e. The molecule has 1 amide bonds. The van der Waals surface area contributed by atoms with Gasteiger partial charge in [-0.2, -0.15) is 0 Å². The van der Waals surface area contributed by atoms with Gasteiger partial charge in [-0.25, -0.2) is 0 Å². The van der Waals surface area contributed by atoms with Crippen molar-refractivity contribution in [3.05, 3.63) is 42.0 Å². The van der Waals surface area contributed by atoms with Crippen molar-refractivity contribution in [1.82, 2.24) is 0 Å². The highest BCUT2D eigenvalue weighted by molar-refractivity contribution is 6.00. The molecule has 5 rings (SSSR count). The van der Waals surface area contributed by atoms with Crippen molar-refractivity contribution in [3.63, 3.8) is 0 Å². The first-order valence-electron chi connectivity index (χ1n) is 8.40. The molecule has 2 bridgehead atoms. The summed E-state index contributed by atoms with van der Waals surface area (Å²) in [7, 11) is 0. The van der Waals surface area contributed by atoms with Gasteiger partial charge in [-0.05, 0) is 49.7 Å². The van der Waals surface area contributed by atoms with E-state index in [0.29, 0.717) is 0 Å². The van der Waals surface area contributed by atoms with Gasteiger partial charge < -0.3 is 10.0 Å². The molecule has 5 atom stereocenters. The highest BCUT2D eigenvalue weighted by Gasteiger charge is 2.50. The fraction of sp³-hybridized carbons (Fsp3) is 0.474. The largest absolute Gasteiger partial charge is 0.481 e. The number of benzene rings is 1. The predicted octanol–water partition coefficient (Wildman–Crippen LogP) is 2.88. The second kappa shape index (κ2) is 5.22. The Labute approximate surface area is 135 Å². The van der Waals surface area contributed by atoms with E-state index in [1.165, 1.54) is 5.56 Å². The first kappa shape index (κ1) is 14.5. The summed E-state index contributed by atoms with van der Waals surface area (Å²) in [6, 6.07) is 8.06. The van der Waals surface area contributed by atoms with E-state index in [-0.39, 0.29) is 23.8 Å². The van der Waals surface area contributed by atoms with Crippen LogP contribution in [0.1, 0.15) is 25.3 Å². The van der Waals surface area contributed by atoms with E-state index in [4.69, 9.17) is 0 Å². The lowest BCUT2D eigenvalue weighted by Crippen LogP contribution is -2.51. The molecule has 1 aliphatic heterocycles. The number of allylic oxidation sites excluding steroid dienone is 2. The fourth-order valence-electron chi connectivity index (χ4n) is 4.73. The Kier molecular flexibility index (Phi) is 3.29. The number of rotatable bonds is 2. The van der Waals surface area contributed by atoms with E-state index in [1.807, 2.05) is 36.1 Å². The van der Waals surface area contributed by atoms with Crippen LogP contribution in [-0.4, -0.2) is 23.0 Å². The average molecular weight is 311 g/mol. The van der Waals surface area contributed by atoms with E-state index in [0.717, 1.165) is 24.9 Å². The molecule has 4 aliphatic rings. The minimum atomic E-state index is -0.831. The SMILES string of the molecule is CC1Cc2ccccc2N1C(=O)C1C2C=CC(CC2)C1C(=O)O. The second-order valence-electron chi connectivity index (χ2n) is 7.07. The average Bonchev–Trinajstić information content (AvgIpc) is 2.90. The van der Waals surface area contributed by atoms with Crippen LogP contribution in [0.5, 0.6) is 0 Å². The number of hydrogen-bond donors (Lipinski definition) is 1. The minimum Gasteiger partial charge on any atom is -0.481 e. The van der Waals surface area contributed by atoms with Crippen molar-refractivity contribution < 1.29 is 14.7 Å². The van der Waals surface area contributed by atoms with Gasteiger partial charge in [0.25, 0.3) is 0 Å². The third-order valence-corrected chi connectivity index (χ3v) is 5.76. The van der Waals surface area contributed by atoms with E-state index < -0.39 is 17.8 Å². The molecule has 23 heavy (non-hydrogen) atoms. The topological polar surface area (TPSA) is 57.6 Å². The number of nitrogens with zero attached hydrogens (tertiary/aromatic N) is 1. The second-order valence-corrected chi connectivity index (χ2v) is 7.07. The van der Waals surface area contributed by atoms with Crippen LogP contribution < -0.4 is 4.90 Å². The van der Waals surface area contributed by atoms with Gasteiger partial charge >= 0.3 is 5.97 Å². The Morgan fingerprint density at radius 2 is 1.74 bits per heavy atom. The first-order valence-corrected chi connectivity index (χ1v) is 8.40. The number of fused-ring (bicyclic) bond motifs is 3. The van der Waals surface area contributed by atoms with Crippen molar-refractivity contribution in [2.45, 2.75) is 32.2 Å². The molecule has 0 aromatic heterocycles. The fourth-order valence-corrected chi connectivity index (χ4v) is 4.73. The third kappa shape index (κ3) is 2.12. The molecule has 0 radical (unpaired) electrons. The molecule has 1 aromatic carbocycles. The number of para-hydroxylation sites is 1. The van der Waals surface area contributed by atoms with E-state index in [1.54, 1.807) is 0 Å². The number of hydrogen-bond acceptors (Lipinski definition) is 2. The van der Waals surface area contributed by atoms with Gasteiger partial charge in [0.2, 0.25) is 5.91 Å². The van der Waals surface area contributed by atoms with Gasteiger partial charge in [-0.15, -0.1) is 0 Å². The molecular formula is C19H21NO3. The van der Waals surface area contributed by atoms with E-state index >= 15 is 0 Å². The zero-order valence-electron chi connectivity index (χ0n) is 13.2. The van der Waals surface area contributed by atoms with Gasteiger partial charge in [0, 0.05) is 11.7 Å². The van der Waals surface area contributed by atoms with Crippen LogP contribution in [0.4, 0.5) is 5.69 Å². The van der Waals surface area contributed by atoms with Crippen LogP contribution in [0.3, 0.4) is 0 Å². The summed E-state index contributed by atoms with van der Waals surface area (Å²) in [5.41, 5.74) is 2.14. The van der Waals surface area contributed by atoms with Gasteiger partial charge in [0.15, 0.2) is 0 Å². The Morgan fingerprint density at radius 3 is 2.39 bits per heavy atom. The Morgan fingerprint density at radius 1 is 1.09 bits per heavy atom. The minimum absolute atomic E-state index is 0.000368. The molecule has 1 aromatic rings. The van der Waals surface area contributed by atoms with Crippen molar-refractivity contribution in [2.24, 2.45) is 23.7 Å². The summed E-state index contributed by atoms with van der Waals surface area (Å²) < 4.78 is 0. The van der Waals surface area contributed by atoms with Gasteiger partial charge in [0.05, 0.1) is 11.8 Å². The molecule has 1 saturated carbocycles. The quantitative estimate of drug-likeness (QED) is 0.854. The van der Waals surface area contributed by atoms with E-state index in [2.05, 4.69) is 12.1 Å². The lowest BCUT2D eigenvalue weighted by atomic mass is 9.62. The standard InChI is InChI=1S/C19H21NO3/c1-11-10-14-4-2-3-5-15(14)20(11)18(21)16-12-6-8-13(9-7-12)17(16)19(22)23/h2-6,8,11-13,16-17H,7,9-10H2,1H3,(H,22,23). The van der Waals surface area contributed by atoms with Crippen LogP contribution in [0.2, 0.25) is 0 Å². The van der Waals surface area contributed by atoms with Crippen LogP contribution in [0.15, 0.2) is 36.4 Å². The van der Waals surface area contributed by atoms with Crippen LogP contribution in [-0.2, 0) is 16.0 Å². The summed E-state index contributed by atoms with van der Waals surface area (Å²) in [6.45, 7) is 2.05.